The van der Waals surface area contributed by atoms with Crippen LogP contribution in [0.1, 0.15) is 13.3 Å². The van der Waals surface area contributed by atoms with Crippen LogP contribution in [0.3, 0.4) is 0 Å². The second kappa shape index (κ2) is 2.96. The molecule has 80 valence electrons. The molecule has 2 saturated carbocycles. The topological polar surface area (TPSA) is 64.9 Å². The van der Waals surface area contributed by atoms with Crippen LogP contribution in [-0.4, -0.2) is 24.5 Å². The molecule has 3 fully saturated rings. The molecule has 2 bridgehead atoms. The summed E-state index contributed by atoms with van der Waals surface area (Å²) in [5.74, 6) is 2.94. The SMILES string of the molecule is CC1C2C3CC(C(C(=O)NCC#N)N3)C12. The average molecular weight is 205 g/mol. The van der Waals surface area contributed by atoms with Crippen molar-refractivity contribution in [2.75, 3.05) is 6.54 Å². The Morgan fingerprint density at radius 1 is 1.60 bits per heavy atom. The van der Waals surface area contributed by atoms with Crippen molar-refractivity contribution >= 4 is 5.91 Å². The minimum Gasteiger partial charge on any atom is -0.342 e. The summed E-state index contributed by atoms with van der Waals surface area (Å²) in [5.41, 5.74) is 0. The van der Waals surface area contributed by atoms with Gasteiger partial charge in [0.15, 0.2) is 0 Å². The lowest BCUT2D eigenvalue weighted by Crippen LogP contribution is -2.48. The molecule has 1 saturated heterocycles. The summed E-state index contributed by atoms with van der Waals surface area (Å²) in [6, 6.07) is 2.47. The van der Waals surface area contributed by atoms with Crippen LogP contribution in [0, 0.1) is 35.0 Å². The van der Waals surface area contributed by atoms with Crippen LogP contribution in [0.5, 0.6) is 0 Å². The van der Waals surface area contributed by atoms with Crippen molar-refractivity contribution in [1.82, 2.24) is 10.6 Å². The van der Waals surface area contributed by atoms with E-state index in [9.17, 15) is 4.79 Å². The Hall–Kier alpha value is -1.08. The van der Waals surface area contributed by atoms with Gasteiger partial charge in [0.05, 0.1) is 12.1 Å². The molecule has 6 atom stereocenters. The third-order valence-corrected chi connectivity index (χ3v) is 4.45. The van der Waals surface area contributed by atoms with Crippen molar-refractivity contribution in [3.8, 4) is 6.07 Å². The highest BCUT2D eigenvalue weighted by Gasteiger charge is 2.66. The zero-order valence-electron chi connectivity index (χ0n) is 8.73. The van der Waals surface area contributed by atoms with Gasteiger partial charge in [-0.3, -0.25) is 4.79 Å². The van der Waals surface area contributed by atoms with E-state index in [-0.39, 0.29) is 18.5 Å². The number of nitrogens with zero attached hydrogens (tertiary/aromatic N) is 1. The van der Waals surface area contributed by atoms with Crippen molar-refractivity contribution in [3.63, 3.8) is 0 Å². The predicted molar refractivity (Wildman–Crippen MR) is 53.6 cm³/mol. The smallest absolute Gasteiger partial charge is 0.238 e. The van der Waals surface area contributed by atoms with Crippen molar-refractivity contribution in [2.45, 2.75) is 25.4 Å². The van der Waals surface area contributed by atoms with Crippen LogP contribution in [0.4, 0.5) is 0 Å². The number of hydrogen-bond acceptors (Lipinski definition) is 3. The summed E-state index contributed by atoms with van der Waals surface area (Å²) in [4.78, 5) is 11.7. The van der Waals surface area contributed by atoms with E-state index in [0.717, 1.165) is 24.2 Å². The van der Waals surface area contributed by atoms with Crippen LogP contribution in [-0.2, 0) is 4.79 Å². The first kappa shape index (κ1) is 9.17. The molecule has 3 rings (SSSR count). The number of carbonyl (C=O) groups is 1. The Balaban J connectivity index is 1.66. The number of hydrogen-bond donors (Lipinski definition) is 2. The number of piperidine rings is 1. The second-order valence-corrected chi connectivity index (χ2v) is 5.04. The molecule has 4 nitrogen and oxygen atoms in total. The molecule has 0 radical (unpaired) electrons. The molecule has 3 aliphatic rings. The molecule has 6 unspecified atom stereocenters. The highest BCUT2D eigenvalue weighted by molar-refractivity contribution is 5.83. The van der Waals surface area contributed by atoms with Gasteiger partial charge in [-0.05, 0) is 30.1 Å². The first-order valence-electron chi connectivity index (χ1n) is 5.64. The summed E-state index contributed by atoms with van der Waals surface area (Å²) in [7, 11) is 0. The van der Waals surface area contributed by atoms with E-state index in [4.69, 9.17) is 5.26 Å². The van der Waals surface area contributed by atoms with E-state index < -0.39 is 0 Å². The molecular formula is C11H15N3O. The number of fused-ring (bicyclic) bond motifs is 5. The lowest BCUT2D eigenvalue weighted by molar-refractivity contribution is -0.123. The fourth-order valence-electron chi connectivity index (χ4n) is 3.84. The fraction of sp³-hybridized carbons (Fsp3) is 0.818. The monoisotopic (exact) mass is 205 g/mol. The van der Waals surface area contributed by atoms with E-state index in [0.29, 0.717) is 12.0 Å². The van der Waals surface area contributed by atoms with Gasteiger partial charge in [-0.1, -0.05) is 6.92 Å². The van der Waals surface area contributed by atoms with Crippen LogP contribution < -0.4 is 10.6 Å². The third kappa shape index (κ3) is 1.13. The summed E-state index contributed by atoms with van der Waals surface area (Å²) in [6.07, 6.45) is 1.16. The van der Waals surface area contributed by atoms with Gasteiger partial charge in [0, 0.05) is 6.04 Å². The molecule has 2 aliphatic carbocycles. The average Bonchev–Trinajstić information content (AvgIpc) is 2.67. The molecule has 1 aliphatic heterocycles. The van der Waals surface area contributed by atoms with Crippen molar-refractivity contribution in [1.29, 1.82) is 5.26 Å². The van der Waals surface area contributed by atoms with E-state index in [1.807, 2.05) is 6.07 Å². The molecule has 0 aromatic carbocycles. The largest absolute Gasteiger partial charge is 0.342 e. The molecule has 0 aromatic rings. The van der Waals surface area contributed by atoms with Crippen LogP contribution in [0.15, 0.2) is 0 Å². The Bertz CT molecular complexity index is 346. The van der Waals surface area contributed by atoms with Gasteiger partial charge >= 0.3 is 0 Å². The fourth-order valence-corrected chi connectivity index (χ4v) is 3.84. The number of rotatable bonds is 2. The van der Waals surface area contributed by atoms with Gasteiger partial charge in [0.25, 0.3) is 0 Å². The first-order chi connectivity index (χ1) is 7.24. The van der Waals surface area contributed by atoms with Gasteiger partial charge in [0.2, 0.25) is 5.91 Å². The Labute approximate surface area is 89.0 Å². The number of nitrogens with one attached hydrogen (secondary N) is 2. The number of carbonyl (C=O) groups excluding carboxylic acids is 1. The second-order valence-electron chi connectivity index (χ2n) is 5.04. The quantitative estimate of drug-likeness (QED) is 0.617. The Kier molecular flexibility index (Phi) is 1.81. The van der Waals surface area contributed by atoms with E-state index in [2.05, 4.69) is 17.6 Å². The molecule has 0 aromatic heterocycles. The molecule has 2 N–H and O–H groups in total. The highest BCUT2D eigenvalue weighted by Crippen LogP contribution is 2.64. The summed E-state index contributed by atoms with van der Waals surface area (Å²) in [6.45, 7) is 2.41. The van der Waals surface area contributed by atoms with E-state index in [1.165, 1.54) is 0 Å². The maximum atomic E-state index is 11.7. The highest BCUT2D eigenvalue weighted by atomic mass is 16.2. The van der Waals surface area contributed by atoms with E-state index in [1.54, 1.807) is 0 Å². The van der Waals surface area contributed by atoms with Gasteiger partial charge in [-0.2, -0.15) is 5.26 Å². The zero-order chi connectivity index (χ0) is 10.6. The van der Waals surface area contributed by atoms with Crippen molar-refractivity contribution in [2.24, 2.45) is 23.7 Å². The maximum Gasteiger partial charge on any atom is 0.238 e. The first-order valence-corrected chi connectivity index (χ1v) is 5.64. The predicted octanol–water partition coefficient (Wildman–Crippen LogP) is -0.131. The molecule has 4 heteroatoms. The minimum atomic E-state index is -0.0328. The Morgan fingerprint density at radius 3 is 3.07 bits per heavy atom. The molecule has 1 amide bonds. The third-order valence-electron chi connectivity index (χ3n) is 4.45. The summed E-state index contributed by atoms with van der Waals surface area (Å²) >= 11 is 0. The standard InChI is InChI=1S/C11H15N3O/c1-5-8-6-4-7(9(5)8)14-10(6)11(15)13-3-2-12/h5-10,14H,3-4H2,1H3,(H,13,15). The lowest BCUT2D eigenvalue weighted by Gasteiger charge is -2.21. The van der Waals surface area contributed by atoms with E-state index >= 15 is 0 Å². The summed E-state index contributed by atoms with van der Waals surface area (Å²) in [5, 5.41) is 14.5. The molecule has 15 heavy (non-hydrogen) atoms. The maximum absolute atomic E-state index is 11.7. The van der Waals surface area contributed by atoms with Crippen LogP contribution >= 0.6 is 0 Å². The van der Waals surface area contributed by atoms with Gasteiger partial charge < -0.3 is 10.6 Å². The summed E-state index contributed by atoms with van der Waals surface area (Å²) < 4.78 is 0. The zero-order valence-corrected chi connectivity index (χ0v) is 8.73. The molecule has 1 heterocycles. The Morgan fingerprint density at radius 2 is 2.40 bits per heavy atom. The van der Waals surface area contributed by atoms with Crippen molar-refractivity contribution in [3.05, 3.63) is 0 Å². The molecule has 0 spiro atoms. The minimum absolute atomic E-state index is 0.0154. The van der Waals surface area contributed by atoms with Crippen LogP contribution in [0.2, 0.25) is 0 Å². The molecular weight excluding hydrogens is 190 g/mol. The van der Waals surface area contributed by atoms with Crippen molar-refractivity contribution < 1.29 is 4.79 Å². The van der Waals surface area contributed by atoms with Crippen LogP contribution in [0.25, 0.3) is 0 Å². The van der Waals surface area contributed by atoms with Gasteiger partial charge in [-0.25, -0.2) is 0 Å². The number of amides is 1. The normalized spacial score (nSPS) is 49.6. The van der Waals surface area contributed by atoms with Gasteiger partial charge in [-0.15, -0.1) is 0 Å². The number of nitriles is 1. The lowest BCUT2D eigenvalue weighted by atomic mass is 9.95. The van der Waals surface area contributed by atoms with Gasteiger partial charge in [0.1, 0.15) is 6.54 Å².